The maximum absolute atomic E-state index is 12.3. The van der Waals surface area contributed by atoms with Crippen LogP contribution in [-0.4, -0.2) is 147 Å². The summed E-state index contributed by atoms with van der Waals surface area (Å²) in [4.78, 5) is 23.1. The third-order valence-corrected chi connectivity index (χ3v) is 6.85. The van der Waals surface area contributed by atoms with Gasteiger partial charge in [-0.05, 0) is 6.08 Å². The van der Waals surface area contributed by atoms with Crippen molar-refractivity contribution in [2.45, 2.75) is 80.9 Å². The second-order valence-corrected chi connectivity index (χ2v) is 9.19. The van der Waals surface area contributed by atoms with Crippen molar-refractivity contribution in [1.82, 2.24) is 11.1 Å². The molecule has 0 aliphatic carbocycles. The molecule has 0 bridgehead atoms. The number of methoxy groups -OCH3 is 1. The maximum Gasteiger partial charge on any atom is 1.00 e. The van der Waals surface area contributed by atoms with Gasteiger partial charge in [-0.1, -0.05) is 13.0 Å². The van der Waals surface area contributed by atoms with Crippen LogP contribution in [0.2, 0.25) is 0 Å². The molecule has 4 aliphatic rings. The van der Waals surface area contributed by atoms with Crippen molar-refractivity contribution in [1.29, 1.82) is 0 Å². The predicted molar refractivity (Wildman–Crippen MR) is 122 cm³/mol. The van der Waals surface area contributed by atoms with Crippen LogP contribution in [0, 0.1) is 5.92 Å². The number of amides is 1. The van der Waals surface area contributed by atoms with E-state index < -0.39 is 92.7 Å². The molecule has 0 radical (unpaired) electrons. The molecule has 40 heavy (non-hydrogen) atoms. The van der Waals surface area contributed by atoms with E-state index in [-0.39, 0.29) is 82.2 Å². The number of nitrogens with zero attached hydrogens (tertiary/aromatic N) is 1. The van der Waals surface area contributed by atoms with Gasteiger partial charge in [0.15, 0.2) is 24.8 Å². The van der Waals surface area contributed by atoms with Gasteiger partial charge in [0.1, 0.15) is 18.0 Å². The average Bonchev–Trinajstić information content (AvgIpc) is 3.19. The van der Waals surface area contributed by atoms with Gasteiger partial charge in [-0.25, -0.2) is 4.79 Å². The topological polar surface area (TPSA) is 283 Å². The fourth-order valence-corrected chi connectivity index (χ4v) is 4.60. The van der Waals surface area contributed by atoms with Gasteiger partial charge in [-0.15, -0.1) is 0 Å². The summed E-state index contributed by atoms with van der Waals surface area (Å²) < 4.78 is 26.1. The van der Waals surface area contributed by atoms with E-state index in [1.165, 1.54) is 18.1 Å². The van der Waals surface area contributed by atoms with Gasteiger partial charge in [-0.2, -0.15) is 0 Å². The summed E-state index contributed by atoms with van der Waals surface area (Å²) in [7, 11) is 1.24. The Morgan fingerprint density at radius 3 is 2.17 bits per heavy atom. The van der Waals surface area contributed by atoms with Crippen LogP contribution in [0.5, 0.6) is 0 Å². The van der Waals surface area contributed by atoms with E-state index in [0.29, 0.717) is 0 Å². The van der Waals surface area contributed by atoms with E-state index in [1.807, 2.05) is 0 Å². The number of aliphatic hydroxyl groups is 6. The number of ether oxygens (including phenoxy) is 5. The van der Waals surface area contributed by atoms with E-state index in [9.17, 15) is 40.2 Å². The smallest absolute Gasteiger partial charge is 0.848 e. The Bertz CT molecular complexity index is 864. The Morgan fingerprint density at radius 1 is 1.07 bits per heavy atom. The molecule has 4 aliphatic heterocycles. The molecular formula is C22H37KN2O15. The molecule has 17 nitrogen and oxygen atoms in total. The molecule has 0 aromatic rings. The molecule has 226 valence electrons. The van der Waals surface area contributed by atoms with Gasteiger partial charge >= 0.3 is 57.4 Å². The Kier molecular flexibility index (Phi) is 15.5. The zero-order valence-electron chi connectivity index (χ0n) is 22.4. The summed E-state index contributed by atoms with van der Waals surface area (Å²) >= 11 is 0. The Morgan fingerprint density at radius 2 is 1.68 bits per heavy atom. The summed E-state index contributed by atoms with van der Waals surface area (Å²) in [5, 5.41) is 78.5. The van der Waals surface area contributed by atoms with Crippen LogP contribution in [0.25, 0.3) is 0 Å². The number of aliphatic hydroxyl groups excluding tert-OH is 6. The fourth-order valence-electron chi connectivity index (χ4n) is 4.60. The van der Waals surface area contributed by atoms with Crippen LogP contribution < -0.4 is 62.6 Å². The monoisotopic (exact) mass is 608 g/mol. The quantitative estimate of drug-likeness (QED) is 0.0983. The number of β-lactam (4-membered cyclic amide) rings is 1. The van der Waals surface area contributed by atoms with Gasteiger partial charge in [0.2, 0.25) is 5.91 Å². The molecule has 0 unspecified atom stereocenters. The van der Waals surface area contributed by atoms with Gasteiger partial charge in [-0.3, -0.25) is 9.69 Å². The summed E-state index contributed by atoms with van der Waals surface area (Å²) in [5.41, 5.74) is 0. The van der Waals surface area contributed by atoms with Crippen LogP contribution in [0.1, 0.15) is 13.3 Å². The largest absolute Gasteiger partial charge is 1.00 e. The van der Waals surface area contributed by atoms with Crippen LogP contribution in [0.15, 0.2) is 11.8 Å². The summed E-state index contributed by atoms with van der Waals surface area (Å²) in [6.45, 7) is 0.300. The minimum atomic E-state index is -1.74. The van der Waals surface area contributed by atoms with Gasteiger partial charge in [0, 0.05) is 13.0 Å². The van der Waals surface area contributed by atoms with E-state index >= 15 is 0 Å². The van der Waals surface area contributed by atoms with Crippen molar-refractivity contribution < 1.29 is 126 Å². The first-order valence-electron chi connectivity index (χ1n) is 11.9. The number of hydrogen-bond donors (Lipinski definition) is 8. The van der Waals surface area contributed by atoms with Gasteiger partial charge in [0.05, 0.1) is 50.7 Å². The van der Waals surface area contributed by atoms with Gasteiger partial charge < -0.3 is 70.7 Å². The van der Waals surface area contributed by atoms with Crippen LogP contribution >= 0.6 is 0 Å². The molecule has 4 fully saturated rings. The second kappa shape index (κ2) is 16.5. The molecule has 12 atom stereocenters. The zero-order valence-corrected chi connectivity index (χ0v) is 25.5. The Balaban J connectivity index is 0.000000428. The number of hydrogen-bond acceptors (Lipinski definition) is 15. The molecule has 4 saturated heterocycles. The molecular weight excluding hydrogens is 571 g/mol. The first-order chi connectivity index (χ1) is 18.0. The number of aliphatic carboxylic acids is 1. The third kappa shape index (κ3) is 7.77. The van der Waals surface area contributed by atoms with Crippen LogP contribution in [0.3, 0.4) is 0 Å². The first-order valence-corrected chi connectivity index (χ1v) is 11.9. The molecule has 0 saturated carbocycles. The Hall–Kier alpha value is -0.364. The molecule has 10 N–H and O–H groups in total. The van der Waals surface area contributed by atoms with Crippen LogP contribution in [-0.2, 0) is 33.3 Å². The van der Waals surface area contributed by atoms with Crippen molar-refractivity contribution in [3.05, 3.63) is 11.8 Å². The van der Waals surface area contributed by atoms with Crippen molar-refractivity contribution in [3.8, 4) is 0 Å². The summed E-state index contributed by atoms with van der Waals surface area (Å²) in [5.74, 6) is -1.77. The zero-order chi connectivity index (χ0) is 28.3. The summed E-state index contributed by atoms with van der Waals surface area (Å²) in [6, 6.07) is -1.06. The second-order valence-electron chi connectivity index (χ2n) is 9.19. The van der Waals surface area contributed by atoms with Crippen LogP contribution in [0.4, 0.5) is 0 Å². The molecule has 0 aromatic heterocycles. The van der Waals surface area contributed by atoms with Gasteiger partial charge in [0.25, 0.3) is 0 Å². The van der Waals surface area contributed by atoms with E-state index in [4.69, 9.17) is 33.9 Å². The number of carboxylic acid groups (broad SMARTS) is 1. The maximum atomic E-state index is 12.3. The normalized spacial score (nSPS) is 41.4. The SMILES string of the molecule is CO[C@@H]1O[C@H](CO)[C@@H](O[C@@H]2O[C@H](CO)[C@@H](C)[C@H](O)[C@H]2O)[C@H]([O-])[C@H]1O.N.O=C(O)[C@H]1/C(=C/CO)O[C@@H]2CC(=O)N21.[K+]. The fraction of sp³-hybridized carbons (Fsp3) is 0.818. The number of carbonyl (C=O) groups is 2. The molecule has 1 amide bonds. The number of carbonyl (C=O) groups excluding carboxylic acids is 1. The molecule has 4 heterocycles. The number of rotatable bonds is 7. The minimum Gasteiger partial charge on any atom is -0.848 e. The van der Waals surface area contributed by atoms with E-state index in [0.717, 1.165) is 0 Å². The van der Waals surface area contributed by atoms with E-state index in [2.05, 4.69) is 0 Å². The predicted octanol–water partition coefficient (Wildman–Crippen LogP) is -8.03. The number of carboxylic acids is 1. The van der Waals surface area contributed by atoms with Crippen molar-refractivity contribution >= 4 is 11.9 Å². The molecule has 0 spiro atoms. The van der Waals surface area contributed by atoms with E-state index in [1.54, 1.807) is 6.92 Å². The van der Waals surface area contributed by atoms with Crippen molar-refractivity contribution in [2.75, 3.05) is 26.9 Å². The minimum absolute atomic E-state index is 0. The third-order valence-electron chi connectivity index (χ3n) is 6.85. The molecule has 18 heteroatoms. The molecule has 4 rings (SSSR count). The number of fused-ring (bicyclic) bond motifs is 1. The average molecular weight is 609 g/mol. The standard InChI is InChI=1S/C14H25O10.C8H9NO5.K.H3N/c1-5-6(3-15)22-14(10(19)8(5)17)24-12-7(4-16)23-13(21-2)11(20)9(12)18;10-2-1-4-7(8(12)13)9-5(11)3-6(9)14-4;;/h5-17,19-20H,3-4H2,1-2H3;1,6-7,10H,2-3H2,(H,12,13);;1H3/q-1;;+1;/b;4-1-;;/t5-,6-,7-,8+,9-,10-,11-,12-,13-,14+;6-,7-;;/m11../s1. The Labute approximate surface area is 272 Å². The van der Waals surface area contributed by atoms with Crippen molar-refractivity contribution in [3.63, 3.8) is 0 Å². The first kappa shape index (κ1) is 37.7. The molecule has 0 aromatic carbocycles. The van der Waals surface area contributed by atoms with Crippen molar-refractivity contribution in [2.24, 2.45) is 5.92 Å². The summed E-state index contributed by atoms with van der Waals surface area (Å²) in [6.07, 6.45) is -10.9.